The molecule has 0 heterocycles. The number of nitriles is 1. The van der Waals surface area contributed by atoms with E-state index in [0.29, 0.717) is 18.0 Å². The van der Waals surface area contributed by atoms with Crippen LogP contribution in [0, 0.1) is 23.1 Å². The van der Waals surface area contributed by atoms with E-state index in [9.17, 15) is 9.50 Å². The molecule has 96 valence electrons. The summed E-state index contributed by atoms with van der Waals surface area (Å²) in [6.45, 7) is 1.26. The average Bonchev–Trinajstić information content (AvgIpc) is 2.74. The van der Waals surface area contributed by atoms with Crippen LogP contribution in [0.5, 0.6) is 0 Å². The Labute approximate surface area is 106 Å². The predicted molar refractivity (Wildman–Crippen MR) is 66.2 cm³/mol. The van der Waals surface area contributed by atoms with E-state index in [1.54, 1.807) is 6.07 Å². The molecule has 2 N–H and O–H groups in total. The number of rotatable bonds is 4. The second kappa shape index (κ2) is 5.94. The minimum absolute atomic E-state index is 0.209. The summed E-state index contributed by atoms with van der Waals surface area (Å²) in [7, 11) is 0. The van der Waals surface area contributed by atoms with Crippen LogP contribution < -0.4 is 5.32 Å². The van der Waals surface area contributed by atoms with Crippen LogP contribution in [0.2, 0.25) is 0 Å². The summed E-state index contributed by atoms with van der Waals surface area (Å²) in [4.78, 5) is 0. The van der Waals surface area contributed by atoms with E-state index >= 15 is 0 Å². The van der Waals surface area contributed by atoms with Crippen molar-refractivity contribution in [3.05, 3.63) is 35.1 Å². The zero-order valence-electron chi connectivity index (χ0n) is 10.2. The van der Waals surface area contributed by atoms with Crippen molar-refractivity contribution >= 4 is 0 Å². The van der Waals surface area contributed by atoms with Crippen LogP contribution in [0.25, 0.3) is 0 Å². The third-order valence-corrected chi connectivity index (χ3v) is 3.44. The first-order chi connectivity index (χ1) is 8.69. The molecule has 1 aliphatic rings. The van der Waals surface area contributed by atoms with Gasteiger partial charge in [0, 0.05) is 13.1 Å². The Morgan fingerprint density at radius 2 is 2.22 bits per heavy atom. The summed E-state index contributed by atoms with van der Waals surface area (Å²) in [5, 5.41) is 21.6. The molecule has 0 spiro atoms. The van der Waals surface area contributed by atoms with Crippen LogP contribution in [0.3, 0.4) is 0 Å². The summed E-state index contributed by atoms with van der Waals surface area (Å²) in [6, 6.07) is 6.28. The van der Waals surface area contributed by atoms with E-state index in [1.807, 2.05) is 6.07 Å². The SMILES string of the molecule is N#Cc1cc(F)cc(CNCC2CCCC2O)c1. The molecule has 18 heavy (non-hydrogen) atoms. The maximum absolute atomic E-state index is 13.2. The smallest absolute Gasteiger partial charge is 0.124 e. The third kappa shape index (κ3) is 3.28. The van der Waals surface area contributed by atoms with Gasteiger partial charge in [-0.1, -0.05) is 6.42 Å². The van der Waals surface area contributed by atoms with Crippen molar-refractivity contribution < 1.29 is 9.50 Å². The first-order valence-electron chi connectivity index (χ1n) is 6.27. The first-order valence-corrected chi connectivity index (χ1v) is 6.27. The molecule has 0 bridgehead atoms. The van der Waals surface area contributed by atoms with Gasteiger partial charge in [0.25, 0.3) is 0 Å². The van der Waals surface area contributed by atoms with E-state index in [1.165, 1.54) is 12.1 Å². The Morgan fingerprint density at radius 3 is 2.89 bits per heavy atom. The van der Waals surface area contributed by atoms with Gasteiger partial charge in [0.05, 0.1) is 17.7 Å². The normalized spacial score (nSPS) is 22.9. The number of nitrogens with zero attached hydrogens (tertiary/aromatic N) is 1. The fourth-order valence-corrected chi connectivity index (χ4v) is 2.47. The number of nitrogens with one attached hydrogen (secondary N) is 1. The highest BCUT2D eigenvalue weighted by molar-refractivity contribution is 5.33. The Morgan fingerprint density at radius 1 is 1.39 bits per heavy atom. The molecule has 2 atom stereocenters. The van der Waals surface area contributed by atoms with Crippen molar-refractivity contribution in [1.29, 1.82) is 5.26 Å². The molecule has 1 fully saturated rings. The number of aliphatic hydroxyl groups excluding tert-OH is 1. The van der Waals surface area contributed by atoms with Crippen LogP contribution in [0.15, 0.2) is 18.2 Å². The molecule has 0 aromatic heterocycles. The standard InChI is InChI=1S/C14H17FN2O/c15-13-5-10(7-16)4-11(6-13)8-17-9-12-2-1-3-14(12)18/h4-6,12,14,17-18H,1-3,8-9H2. The van der Waals surface area contributed by atoms with Gasteiger partial charge in [-0.2, -0.15) is 5.26 Å². The molecule has 1 aromatic rings. The van der Waals surface area contributed by atoms with Crippen LogP contribution in [-0.2, 0) is 6.54 Å². The summed E-state index contributed by atoms with van der Waals surface area (Å²) in [6.07, 6.45) is 2.79. The van der Waals surface area contributed by atoms with Gasteiger partial charge in [-0.05, 0) is 42.5 Å². The highest BCUT2D eigenvalue weighted by Crippen LogP contribution is 2.24. The van der Waals surface area contributed by atoms with Crippen LogP contribution >= 0.6 is 0 Å². The summed E-state index contributed by atoms with van der Waals surface area (Å²) >= 11 is 0. The zero-order valence-corrected chi connectivity index (χ0v) is 10.2. The number of halogens is 1. The van der Waals surface area contributed by atoms with Gasteiger partial charge < -0.3 is 10.4 Å². The number of hydrogen-bond donors (Lipinski definition) is 2. The molecular weight excluding hydrogens is 231 g/mol. The molecular formula is C14H17FN2O. The van der Waals surface area contributed by atoms with Gasteiger partial charge in [-0.25, -0.2) is 4.39 Å². The second-order valence-corrected chi connectivity index (χ2v) is 4.85. The molecule has 2 rings (SSSR count). The third-order valence-electron chi connectivity index (χ3n) is 3.44. The van der Waals surface area contributed by atoms with Crippen molar-refractivity contribution in [2.45, 2.75) is 31.9 Å². The molecule has 3 nitrogen and oxygen atoms in total. The molecule has 0 saturated heterocycles. The molecule has 1 aliphatic carbocycles. The molecule has 0 amide bonds. The van der Waals surface area contributed by atoms with Crippen molar-refractivity contribution in [3.8, 4) is 6.07 Å². The zero-order chi connectivity index (χ0) is 13.0. The number of aliphatic hydroxyl groups is 1. The fourth-order valence-electron chi connectivity index (χ4n) is 2.47. The fraction of sp³-hybridized carbons (Fsp3) is 0.500. The molecule has 2 unspecified atom stereocenters. The summed E-state index contributed by atoms with van der Waals surface area (Å²) in [5.41, 5.74) is 1.10. The molecule has 1 saturated carbocycles. The van der Waals surface area contributed by atoms with Gasteiger partial charge in [0.1, 0.15) is 5.82 Å². The van der Waals surface area contributed by atoms with Gasteiger partial charge >= 0.3 is 0 Å². The Balaban J connectivity index is 1.86. The number of hydrogen-bond acceptors (Lipinski definition) is 3. The van der Waals surface area contributed by atoms with E-state index in [0.717, 1.165) is 31.4 Å². The Bertz CT molecular complexity index is 456. The Hall–Kier alpha value is -1.44. The van der Waals surface area contributed by atoms with Crippen LogP contribution in [0.4, 0.5) is 4.39 Å². The summed E-state index contributed by atoms with van der Waals surface area (Å²) < 4.78 is 13.2. The van der Waals surface area contributed by atoms with Crippen molar-refractivity contribution in [1.82, 2.24) is 5.32 Å². The largest absolute Gasteiger partial charge is 0.393 e. The topological polar surface area (TPSA) is 56.0 Å². The number of benzene rings is 1. The molecule has 0 aliphatic heterocycles. The van der Waals surface area contributed by atoms with Crippen LogP contribution in [-0.4, -0.2) is 17.8 Å². The lowest BCUT2D eigenvalue weighted by Crippen LogP contribution is -2.27. The molecule has 0 radical (unpaired) electrons. The van der Waals surface area contributed by atoms with Crippen molar-refractivity contribution in [2.75, 3.05) is 6.54 Å². The van der Waals surface area contributed by atoms with Gasteiger partial charge in [-0.3, -0.25) is 0 Å². The monoisotopic (exact) mass is 248 g/mol. The van der Waals surface area contributed by atoms with Crippen molar-refractivity contribution in [3.63, 3.8) is 0 Å². The predicted octanol–water partition coefficient (Wildman–Crippen LogP) is 1.95. The lowest BCUT2D eigenvalue weighted by Gasteiger charge is -2.15. The second-order valence-electron chi connectivity index (χ2n) is 4.85. The van der Waals surface area contributed by atoms with Crippen molar-refractivity contribution in [2.24, 2.45) is 5.92 Å². The van der Waals surface area contributed by atoms with Crippen LogP contribution in [0.1, 0.15) is 30.4 Å². The van der Waals surface area contributed by atoms with Gasteiger partial charge in [0.15, 0.2) is 0 Å². The van der Waals surface area contributed by atoms with Gasteiger partial charge in [-0.15, -0.1) is 0 Å². The highest BCUT2D eigenvalue weighted by atomic mass is 19.1. The first kappa shape index (κ1) is 13.0. The minimum atomic E-state index is -0.383. The highest BCUT2D eigenvalue weighted by Gasteiger charge is 2.24. The Kier molecular flexibility index (Phi) is 4.29. The lowest BCUT2D eigenvalue weighted by molar-refractivity contribution is 0.131. The average molecular weight is 248 g/mol. The molecule has 4 heteroatoms. The quantitative estimate of drug-likeness (QED) is 0.856. The molecule has 1 aromatic carbocycles. The van der Waals surface area contributed by atoms with E-state index in [4.69, 9.17) is 5.26 Å². The maximum Gasteiger partial charge on any atom is 0.124 e. The van der Waals surface area contributed by atoms with E-state index in [-0.39, 0.29) is 11.9 Å². The summed E-state index contributed by atoms with van der Waals surface area (Å²) in [5.74, 6) is -0.0826. The van der Waals surface area contributed by atoms with E-state index in [2.05, 4.69) is 5.32 Å². The maximum atomic E-state index is 13.2. The van der Waals surface area contributed by atoms with Gasteiger partial charge in [0.2, 0.25) is 0 Å². The van der Waals surface area contributed by atoms with E-state index < -0.39 is 0 Å². The lowest BCUT2D eigenvalue weighted by atomic mass is 10.1. The minimum Gasteiger partial charge on any atom is -0.393 e.